The summed E-state index contributed by atoms with van der Waals surface area (Å²) in [7, 11) is 0. The first-order valence-corrected chi connectivity index (χ1v) is 15.9. The van der Waals surface area contributed by atoms with Crippen molar-refractivity contribution in [1.29, 1.82) is 0 Å². The molecule has 2 fully saturated rings. The van der Waals surface area contributed by atoms with E-state index >= 15 is 0 Å². The molecular weight excluding hydrogens is 508 g/mol. The molecule has 6 nitrogen and oxygen atoms in total. The van der Waals surface area contributed by atoms with Crippen LogP contribution in [0.25, 0.3) is 33.1 Å². The Bertz CT molecular complexity index is 1580. The molecular formula is C35H42N4O2. The Balaban J connectivity index is 1.39. The van der Waals surface area contributed by atoms with E-state index in [0.29, 0.717) is 11.5 Å². The molecule has 0 spiro atoms. The number of carbonyl (C=O) groups is 1. The summed E-state index contributed by atoms with van der Waals surface area (Å²) < 4.78 is 2.46. The highest BCUT2D eigenvalue weighted by Gasteiger charge is 2.32. The lowest BCUT2D eigenvalue weighted by Crippen LogP contribution is -2.37. The van der Waals surface area contributed by atoms with E-state index < -0.39 is 5.97 Å². The summed E-state index contributed by atoms with van der Waals surface area (Å²) in [5, 5.41) is 12.3. The summed E-state index contributed by atoms with van der Waals surface area (Å²) in [6.45, 7) is 8.66. The highest BCUT2D eigenvalue weighted by Crippen LogP contribution is 2.49. The molecule has 1 saturated carbocycles. The molecule has 2 aromatic carbocycles. The van der Waals surface area contributed by atoms with Crippen LogP contribution in [0.4, 0.5) is 5.69 Å². The standard InChI is InChI=1S/C35H42N4O2/c1-2-37-18-7-8-24(23-37)16-19-38-20-21-39-31-22-26(35(40)41)12-13-28(31)32(25-9-4-3-5-10-25)34(39)29-14-15-30-27(33(29)38)11-6-17-36-30/h6,11-15,17,22,24-25H,2-5,7-10,16,18-21,23H2,1H3,(H,40,41). The predicted molar refractivity (Wildman–Crippen MR) is 167 cm³/mol. The van der Waals surface area contributed by atoms with Crippen molar-refractivity contribution in [3.8, 4) is 11.3 Å². The highest BCUT2D eigenvalue weighted by molar-refractivity contribution is 6.05. The van der Waals surface area contributed by atoms with E-state index in [-0.39, 0.29) is 0 Å². The normalized spacial score (nSPS) is 20.2. The molecule has 1 N–H and O–H groups in total. The van der Waals surface area contributed by atoms with E-state index in [1.54, 1.807) is 6.07 Å². The third-order valence-corrected chi connectivity index (χ3v) is 10.1. The number of aromatic carboxylic acids is 1. The van der Waals surface area contributed by atoms with Crippen LogP contribution in [-0.2, 0) is 6.54 Å². The molecule has 3 aliphatic rings. The third-order valence-electron chi connectivity index (χ3n) is 10.1. The van der Waals surface area contributed by atoms with E-state index in [2.05, 4.69) is 51.6 Å². The maximum Gasteiger partial charge on any atom is 0.335 e. The number of fused-ring (bicyclic) bond motifs is 7. The quantitative estimate of drug-likeness (QED) is 0.269. The zero-order valence-electron chi connectivity index (χ0n) is 24.3. The molecule has 0 bridgehead atoms. The monoisotopic (exact) mass is 550 g/mol. The largest absolute Gasteiger partial charge is 0.478 e. The molecule has 1 aliphatic carbocycles. The maximum absolute atomic E-state index is 12.0. The molecule has 7 rings (SSSR count). The number of anilines is 1. The van der Waals surface area contributed by atoms with E-state index in [9.17, 15) is 9.90 Å². The Hall–Kier alpha value is -3.38. The van der Waals surface area contributed by atoms with Crippen molar-refractivity contribution < 1.29 is 9.90 Å². The summed E-state index contributed by atoms with van der Waals surface area (Å²) in [5.74, 6) is 0.381. The predicted octanol–water partition coefficient (Wildman–Crippen LogP) is 7.54. The van der Waals surface area contributed by atoms with Crippen LogP contribution in [0.5, 0.6) is 0 Å². The van der Waals surface area contributed by atoms with Crippen molar-refractivity contribution in [2.75, 3.05) is 37.6 Å². The smallest absolute Gasteiger partial charge is 0.335 e. The van der Waals surface area contributed by atoms with Gasteiger partial charge in [0.2, 0.25) is 0 Å². The van der Waals surface area contributed by atoms with Gasteiger partial charge in [-0.05, 0) is 99.0 Å². The number of carboxylic acids is 1. The number of carboxylic acid groups (broad SMARTS) is 1. The van der Waals surface area contributed by atoms with Crippen LogP contribution in [0.2, 0.25) is 0 Å². The van der Waals surface area contributed by atoms with Gasteiger partial charge in [-0.15, -0.1) is 0 Å². The summed E-state index contributed by atoms with van der Waals surface area (Å²) >= 11 is 0. The molecule has 6 heteroatoms. The van der Waals surface area contributed by atoms with E-state index in [1.165, 1.54) is 97.7 Å². The fourth-order valence-electron chi connectivity index (χ4n) is 8.07. The molecule has 214 valence electrons. The second-order valence-corrected chi connectivity index (χ2v) is 12.5. The number of pyridine rings is 1. The molecule has 0 radical (unpaired) electrons. The van der Waals surface area contributed by atoms with Crippen molar-refractivity contribution >= 4 is 33.5 Å². The van der Waals surface area contributed by atoms with Gasteiger partial charge in [0.05, 0.1) is 22.5 Å². The summed E-state index contributed by atoms with van der Waals surface area (Å²) in [6.07, 6.45) is 12.0. The van der Waals surface area contributed by atoms with Gasteiger partial charge in [-0.3, -0.25) is 4.98 Å². The maximum atomic E-state index is 12.0. The van der Waals surface area contributed by atoms with Gasteiger partial charge in [0.25, 0.3) is 0 Å². The first-order chi connectivity index (χ1) is 20.1. The number of aromatic nitrogens is 2. The van der Waals surface area contributed by atoms with Gasteiger partial charge >= 0.3 is 5.97 Å². The number of piperidine rings is 1. The van der Waals surface area contributed by atoms with Crippen LogP contribution in [0, 0.1) is 5.92 Å². The average molecular weight is 551 g/mol. The fourth-order valence-corrected chi connectivity index (χ4v) is 8.07. The van der Waals surface area contributed by atoms with E-state index in [4.69, 9.17) is 4.98 Å². The topological polar surface area (TPSA) is 61.6 Å². The summed E-state index contributed by atoms with van der Waals surface area (Å²) in [4.78, 5) is 22.0. The van der Waals surface area contributed by atoms with Crippen molar-refractivity contribution in [3.63, 3.8) is 0 Å². The first-order valence-electron chi connectivity index (χ1n) is 15.9. The molecule has 0 amide bonds. The number of rotatable bonds is 6. The van der Waals surface area contributed by atoms with Crippen molar-refractivity contribution in [1.82, 2.24) is 14.5 Å². The molecule has 41 heavy (non-hydrogen) atoms. The summed E-state index contributed by atoms with van der Waals surface area (Å²) in [6, 6.07) is 14.6. The fraction of sp³-hybridized carbons (Fsp3) is 0.486. The van der Waals surface area contributed by atoms with Crippen LogP contribution in [0.3, 0.4) is 0 Å². The van der Waals surface area contributed by atoms with Crippen molar-refractivity contribution in [2.45, 2.75) is 70.8 Å². The molecule has 2 aliphatic heterocycles. The lowest BCUT2D eigenvalue weighted by atomic mass is 9.81. The first kappa shape index (κ1) is 26.5. The van der Waals surface area contributed by atoms with Gasteiger partial charge in [0, 0.05) is 54.2 Å². The number of hydrogen-bond acceptors (Lipinski definition) is 4. The Morgan fingerprint density at radius 2 is 1.85 bits per heavy atom. The Morgan fingerprint density at radius 3 is 2.68 bits per heavy atom. The van der Waals surface area contributed by atoms with E-state index in [0.717, 1.165) is 43.1 Å². The number of hydrogen-bond donors (Lipinski definition) is 1. The molecule has 4 aromatic rings. The molecule has 4 heterocycles. The SMILES string of the molecule is CCN1CCCC(CCN2CCn3c(c(C4CCCCC4)c4ccc(C(=O)O)cc43)-c3ccc4ncccc4c32)C1. The van der Waals surface area contributed by atoms with Crippen LogP contribution >= 0.6 is 0 Å². The molecule has 1 unspecified atom stereocenters. The lowest BCUT2D eigenvalue weighted by Gasteiger charge is -2.34. The molecule has 1 saturated heterocycles. The zero-order chi connectivity index (χ0) is 27.9. The van der Waals surface area contributed by atoms with Crippen LogP contribution in [-0.4, -0.2) is 58.3 Å². The Labute approximate surface area is 243 Å². The second-order valence-electron chi connectivity index (χ2n) is 12.5. The highest BCUT2D eigenvalue weighted by atomic mass is 16.4. The van der Waals surface area contributed by atoms with Gasteiger partial charge in [-0.1, -0.05) is 32.3 Å². The van der Waals surface area contributed by atoms with Crippen LogP contribution < -0.4 is 4.90 Å². The molecule has 2 aromatic heterocycles. The molecule has 1 atom stereocenters. The van der Waals surface area contributed by atoms with Crippen molar-refractivity contribution in [3.05, 3.63) is 59.8 Å². The number of likely N-dealkylation sites (tertiary alicyclic amines) is 1. The van der Waals surface area contributed by atoms with Gasteiger partial charge in [0.15, 0.2) is 0 Å². The van der Waals surface area contributed by atoms with Crippen LogP contribution in [0.1, 0.15) is 80.1 Å². The number of nitrogens with zero attached hydrogens (tertiary/aromatic N) is 4. The van der Waals surface area contributed by atoms with Gasteiger partial charge in [-0.2, -0.15) is 0 Å². The minimum Gasteiger partial charge on any atom is -0.478 e. The van der Waals surface area contributed by atoms with E-state index in [1.807, 2.05) is 12.3 Å². The average Bonchev–Trinajstić information content (AvgIpc) is 3.24. The van der Waals surface area contributed by atoms with Crippen LogP contribution in [0.15, 0.2) is 48.7 Å². The zero-order valence-corrected chi connectivity index (χ0v) is 24.3. The van der Waals surface area contributed by atoms with Gasteiger partial charge < -0.3 is 19.5 Å². The van der Waals surface area contributed by atoms with Gasteiger partial charge in [0.1, 0.15) is 0 Å². The lowest BCUT2D eigenvalue weighted by molar-refractivity contribution is 0.0697. The Morgan fingerprint density at radius 1 is 0.976 bits per heavy atom. The second kappa shape index (κ2) is 11.1. The number of benzene rings is 2. The minimum absolute atomic E-state index is 0.370. The minimum atomic E-state index is -0.858. The van der Waals surface area contributed by atoms with Crippen molar-refractivity contribution in [2.24, 2.45) is 5.92 Å². The third kappa shape index (κ3) is 4.80. The summed E-state index contributed by atoms with van der Waals surface area (Å²) in [5.41, 5.74) is 7.84. The Kier molecular flexibility index (Phi) is 7.20. The van der Waals surface area contributed by atoms with Gasteiger partial charge in [-0.25, -0.2) is 4.79 Å².